The Morgan fingerprint density at radius 1 is 1.26 bits per heavy atom. The van der Waals surface area contributed by atoms with Crippen LogP contribution in [0.2, 0.25) is 0 Å². The molecule has 2 aromatic rings. The first-order valence-corrected chi connectivity index (χ1v) is 8.53. The van der Waals surface area contributed by atoms with Crippen LogP contribution in [0.25, 0.3) is 0 Å². The van der Waals surface area contributed by atoms with E-state index in [9.17, 15) is 18.0 Å². The molecule has 1 unspecified atom stereocenters. The molecule has 2 aromatic carbocycles. The van der Waals surface area contributed by atoms with Gasteiger partial charge in [-0.3, -0.25) is 4.79 Å². The maximum Gasteiger partial charge on any atom is 0.416 e. The van der Waals surface area contributed by atoms with Gasteiger partial charge in [0.2, 0.25) is 5.91 Å². The van der Waals surface area contributed by atoms with Gasteiger partial charge >= 0.3 is 6.18 Å². The number of nitrogens with two attached hydrogens (primary N) is 1. The lowest BCUT2D eigenvalue weighted by molar-refractivity contribution is -0.137. The van der Waals surface area contributed by atoms with Crippen molar-refractivity contribution < 1.29 is 18.0 Å². The van der Waals surface area contributed by atoms with E-state index in [2.05, 4.69) is 11.4 Å². The van der Waals surface area contributed by atoms with Crippen LogP contribution >= 0.6 is 0 Å². The molecule has 3 N–H and O–H groups in total. The second kappa shape index (κ2) is 7.41. The van der Waals surface area contributed by atoms with Crippen LogP contribution in [0.3, 0.4) is 0 Å². The molecular formula is C20H18F3N3O. The monoisotopic (exact) mass is 373 g/mol. The highest BCUT2D eigenvalue weighted by molar-refractivity contribution is 5.82. The zero-order chi connectivity index (χ0) is 19.6. The molecule has 0 spiro atoms. The molecular weight excluding hydrogens is 355 g/mol. The van der Waals surface area contributed by atoms with E-state index in [0.29, 0.717) is 11.1 Å². The summed E-state index contributed by atoms with van der Waals surface area (Å²) in [7, 11) is 0. The third-order valence-corrected chi connectivity index (χ3v) is 4.74. The first kappa shape index (κ1) is 18.9. The maximum absolute atomic E-state index is 12.6. The van der Waals surface area contributed by atoms with E-state index in [4.69, 9.17) is 11.0 Å². The second-order valence-corrected chi connectivity index (χ2v) is 6.63. The predicted octanol–water partition coefficient (Wildman–Crippen LogP) is 3.25. The van der Waals surface area contributed by atoms with E-state index >= 15 is 0 Å². The summed E-state index contributed by atoms with van der Waals surface area (Å²) in [5.41, 5.74) is 8.37. The van der Waals surface area contributed by atoms with E-state index in [-0.39, 0.29) is 18.4 Å². The Hall–Kier alpha value is -2.85. The lowest BCUT2D eigenvalue weighted by Gasteiger charge is -2.18. The lowest BCUT2D eigenvalue weighted by Crippen LogP contribution is -2.43. The zero-order valence-corrected chi connectivity index (χ0v) is 14.4. The maximum atomic E-state index is 12.6. The molecule has 0 aromatic heterocycles. The van der Waals surface area contributed by atoms with Crippen LogP contribution in [0.15, 0.2) is 42.5 Å². The number of rotatable bonds is 4. The highest BCUT2D eigenvalue weighted by atomic mass is 19.4. The second-order valence-electron chi connectivity index (χ2n) is 6.63. The number of benzene rings is 2. The summed E-state index contributed by atoms with van der Waals surface area (Å²) >= 11 is 0. The van der Waals surface area contributed by atoms with Crippen molar-refractivity contribution in [2.24, 2.45) is 5.73 Å². The van der Waals surface area contributed by atoms with Gasteiger partial charge in [0, 0.05) is 0 Å². The minimum Gasteiger partial charge on any atom is -0.348 e. The number of nitrogens with zero attached hydrogens (tertiary/aromatic N) is 1. The molecule has 4 nitrogen and oxygen atoms in total. The summed E-state index contributed by atoms with van der Waals surface area (Å²) in [4.78, 5) is 12.4. The van der Waals surface area contributed by atoms with Gasteiger partial charge in [0.05, 0.1) is 29.3 Å². The van der Waals surface area contributed by atoms with Crippen LogP contribution in [0.5, 0.6) is 0 Å². The molecule has 0 fully saturated rings. The van der Waals surface area contributed by atoms with Gasteiger partial charge in [0.15, 0.2) is 0 Å². The Morgan fingerprint density at radius 2 is 1.96 bits per heavy atom. The lowest BCUT2D eigenvalue weighted by atomic mass is 10.0. The molecule has 0 aliphatic heterocycles. The topological polar surface area (TPSA) is 78.9 Å². The van der Waals surface area contributed by atoms with Crippen molar-refractivity contribution >= 4 is 5.91 Å². The van der Waals surface area contributed by atoms with Crippen molar-refractivity contribution in [3.8, 4) is 6.07 Å². The number of nitriles is 1. The molecule has 0 saturated heterocycles. The molecule has 1 amide bonds. The Morgan fingerprint density at radius 3 is 2.59 bits per heavy atom. The summed E-state index contributed by atoms with van der Waals surface area (Å²) in [6, 6.07) is 11.1. The fraction of sp³-hybridized carbons (Fsp3) is 0.300. The molecule has 0 radical (unpaired) electrons. The van der Waals surface area contributed by atoms with Gasteiger partial charge in [-0.15, -0.1) is 0 Å². The van der Waals surface area contributed by atoms with E-state index in [0.717, 1.165) is 36.1 Å². The Bertz CT molecular complexity index is 885. The summed E-state index contributed by atoms with van der Waals surface area (Å²) in [5.74, 6) is -0.350. The number of fused-ring (bicyclic) bond motifs is 1. The van der Waals surface area contributed by atoms with Gasteiger partial charge in [-0.05, 0) is 60.2 Å². The van der Waals surface area contributed by atoms with Gasteiger partial charge in [-0.2, -0.15) is 18.4 Å². The highest BCUT2D eigenvalue weighted by Gasteiger charge is 2.30. The Kier molecular flexibility index (Phi) is 5.19. The normalized spacial score (nSPS) is 17.1. The van der Waals surface area contributed by atoms with Crippen LogP contribution in [-0.4, -0.2) is 11.9 Å². The van der Waals surface area contributed by atoms with Crippen molar-refractivity contribution in [2.45, 2.75) is 37.5 Å². The van der Waals surface area contributed by atoms with Crippen molar-refractivity contribution in [1.29, 1.82) is 5.26 Å². The molecule has 1 aliphatic rings. The van der Waals surface area contributed by atoms with Crippen LogP contribution in [0.4, 0.5) is 13.2 Å². The number of alkyl halides is 3. The third-order valence-electron chi connectivity index (χ3n) is 4.74. The molecule has 3 rings (SSSR count). The fourth-order valence-corrected chi connectivity index (χ4v) is 3.29. The fourth-order valence-electron chi connectivity index (χ4n) is 3.29. The molecule has 27 heavy (non-hydrogen) atoms. The number of halogens is 3. The molecule has 140 valence electrons. The van der Waals surface area contributed by atoms with Crippen LogP contribution in [0.1, 0.15) is 40.3 Å². The number of carbonyl (C=O) groups excluding carboxylic acids is 1. The first-order chi connectivity index (χ1) is 12.8. The molecule has 0 heterocycles. The Balaban J connectivity index is 1.62. The minimum absolute atomic E-state index is 0.150. The highest BCUT2D eigenvalue weighted by Crippen LogP contribution is 2.32. The van der Waals surface area contributed by atoms with Gasteiger partial charge in [-0.25, -0.2) is 0 Å². The van der Waals surface area contributed by atoms with Gasteiger partial charge in [-0.1, -0.05) is 18.2 Å². The van der Waals surface area contributed by atoms with Gasteiger partial charge in [0.25, 0.3) is 0 Å². The predicted molar refractivity (Wildman–Crippen MR) is 93.5 cm³/mol. The van der Waals surface area contributed by atoms with Crippen molar-refractivity contribution in [3.05, 3.63) is 70.3 Å². The number of carbonyl (C=O) groups is 1. The molecule has 7 heteroatoms. The molecule has 0 saturated carbocycles. The van der Waals surface area contributed by atoms with Crippen molar-refractivity contribution in [2.75, 3.05) is 0 Å². The van der Waals surface area contributed by atoms with Gasteiger partial charge in [0.1, 0.15) is 0 Å². The molecule has 2 atom stereocenters. The van der Waals surface area contributed by atoms with E-state index < -0.39 is 17.8 Å². The number of hydrogen-bond acceptors (Lipinski definition) is 3. The summed E-state index contributed by atoms with van der Waals surface area (Å²) in [5, 5.41) is 11.9. The van der Waals surface area contributed by atoms with Crippen LogP contribution < -0.4 is 11.1 Å². The largest absolute Gasteiger partial charge is 0.416 e. The number of aryl methyl sites for hydroxylation is 1. The number of hydrogen-bond donors (Lipinski definition) is 2. The van der Waals surface area contributed by atoms with E-state index in [1.807, 2.05) is 12.1 Å². The average Bonchev–Trinajstić information content (AvgIpc) is 3.03. The van der Waals surface area contributed by atoms with E-state index in [1.165, 1.54) is 12.1 Å². The number of nitrogens with one attached hydrogen (secondary N) is 1. The van der Waals surface area contributed by atoms with Crippen molar-refractivity contribution in [3.63, 3.8) is 0 Å². The summed E-state index contributed by atoms with van der Waals surface area (Å²) in [6.07, 6.45) is -2.75. The summed E-state index contributed by atoms with van der Waals surface area (Å²) < 4.78 is 37.8. The van der Waals surface area contributed by atoms with E-state index in [1.54, 1.807) is 6.07 Å². The minimum atomic E-state index is -4.39. The average molecular weight is 373 g/mol. The smallest absolute Gasteiger partial charge is 0.348 e. The third kappa shape index (κ3) is 4.29. The first-order valence-electron chi connectivity index (χ1n) is 8.53. The Labute approximate surface area is 154 Å². The number of amides is 1. The summed E-state index contributed by atoms with van der Waals surface area (Å²) in [6.45, 7) is 0. The molecule has 0 bridgehead atoms. The van der Waals surface area contributed by atoms with Crippen molar-refractivity contribution in [1.82, 2.24) is 5.32 Å². The molecule has 1 aliphatic carbocycles. The van der Waals surface area contributed by atoms with Crippen LogP contribution in [0, 0.1) is 11.3 Å². The van der Waals surface area contributed by atoms with Crippen LogP contribution in [-0.2, 0) is 23.8 Å². The standard InChI is InChI=1S/C20H18F3N3O/c21-20(22,23)15-5-1-12(2-6-15)10-17(25)19(27)26-18-8-4-14-9-13(11-24)3-7-16(14)18/h1-3,5-7,9,17-18H,4,8,10,25H2,(H,26,27)/t17-,18?/m0/s1. The van der Waals surface area contributed by atoms with Gasteiger partial charge < -0.3 is 11.1 Å². The zero-order valence-electron chi connectivity index (χ0n) is 14.4. The quantitative estimate of drug-likeness (QED) is 0.864. The SMILES string of the molecule is N#Cc1ccc2c(c1)CCC2NC(=O)[C@@H](N)Cc1ccc(C(F)(F)F)cc1.